The van der Waals surface area contributed by atoms with Crippen molar-refractivity contribution in [3.8, 4) is 5.75 Å². The standard InChI is InChI=1S/C14H18N2OS/c1-3-15-8-12-6-4-5-7-13(12)17-9-14-16-11(2)10-18-14/h4-7,10,15H,3,8-9H2,1-2H3. The number of benzene rings is 1. The van der Waals surface area contributed by atoms with Gasteiger partial charge >= 0.3 is 0 Å². The third-order valence-electron chi connectivity index (χ3n) is 2.56. The summed E-state index contributed by atoms with van der Waals surface area (Å²) in [4.78, 5) is 4.40. The average molecular weight is 262 g/mol. The van der Waals surface area contributed by atoms with Crippen molar-refractivity contribution >= 4 is 11.3 Å². The van der Waals surface area contributed by atoms with Crippen molar-refractivity contribution in [2.45, 2.75) is 27.0 Å². The van der Waals surface area contributed by atoms with Crippen molar-refractivity contribution in [2.24, 2.45) is 0 Å². The Morgan fingerprint density at radius 1 is 1.33 bits per heavy atom. The highest BCUT2D eigenvalue weighted by Crippen LogP contribution is 2.20. The zero-order chi connectivity index (χ0) is 12.8. The maximum absolute atomic E-state index is 5.84. The van der Waals surface area contributed by atoms with Gasteiger partial charge < -0.3 is 10.1 Å². The van der Waals surface area contributed by atoms with Gasteiger partial charge in [0.15, 0.2) is 0 Å². The van der Waals surface area contributed by atoms with Gasteiger partial charge in [0, 0.05) is 23.2 Å². The van der Waals surface area contributed by atoms with Crippen molar-refractivity contribution in [1.82, 2.24) is 10.3 Å². The molecule has 0 aliphatic heterocycles. The lowest BCUT2D eigenvalue weighted by molar-refractivity contribution is 0.301. The van der Waals surface area contributed by atoms with Gasteiger partial charge in [0.1, 0.15) is 17.4 Å². The number of para-hydroxylation sites is 1. The van der Waals surface area contributed by atoms with Crippen LogP contribution in [0.3, 0.4) is 0 Å². The average Bonchev–Trinajstić information content (AvgIpc) is 2.81. The first kappa shape index (κ1) is 13.1. The van der Waals surface area contributed by atoms with E-state index in [9.17, 15) is 0 Å². The quantitative estimate of drug-likeness (QED) is 0.868. The Hall–Kier alpha value is -1.39. The summed E-state index contributed by atoms with van der Waals surface area (Å²) in [6, 6.07) is 8.13. The minimum absolute atomic E-state index is 0.543. The summed E-state index contributed by atoms with van der Waals surface area (Å²) >= 11 is 1.64. The molecule has 0 atom stereocenters. The fourth-order valence-corrected chi connectivity index (χ4v) is 2.34. The number of ether oxygens (including phenoxy) is 1. The maximum Gasteiger partial charge on any atom is 0.140 e. The Bertz CT molecular complexity index is 496. The monoisotopic (exact) mass is 262 g/mol. The lowest BCUT2D eigenvalue weighted by Gasteiger charge is -2.10. The SMILES string of the molecule is CCNCc1ccccc1OCc1nc(C)cs1. The van der Waals surface area contributed by atoms with Gasteiger partial charge in [0.05, 0.1) is 0 Å². The molecule has 1 heterocycles. The molecule has 1 aromatic heterocycles. The Kier molecular flexibility index (Phi) is 4.73. The van der Waals surface area contributed by atoms with Crippen LogP contribution in [0, 0.1) is 6.92 Å². The van der Waals surface area contributed by atoms with Crippen LogP contribution in [-0.2, 0) is 13.2 Å². The first-order chi connectivity index (χ1) is 8.79. The number of thiazole rings is 1. The normalized spacial score (nSPS) is 10.6. The van der Waals surface area contributed by atoms with E-state index in [1.165, 1.54) is 5.56 Å². The molecule has 4 heteroatoms. The molecule has 0 saturated heterocycles. The number of rotatable bonds is 6. The molecule has 2 aromatic rings. The molecule has 0 aliphatic rings. The molecule has 3 nitrogen and oxygen atoms in total. The molecule has 1 aromatic carbocycles. The molecule has 0 fully saturated rings. The number of aromatic nitrogens is 1. The van der Waals surface area contributed by atoms with Crippen molar-refractivity contribution < 1.29 is 4.74 Å². The van der Waals surface area contributed by atoms with Gasteiger partial charge in [0.2, 0.25) is 0 Å². The predicted octanol–water partition coefficient (Wildman–Crippen LogP) is 3.14. The van der Waals surface area contributed by atoms with Crippen LogP contribution >= 0.6 is 11.3 Å². The highest BCUT2D eigenvalue weighted by Gasteiger charge is 2.04. The van der Waals surface area contributed by atoms with Gasteiger partial charge in [-0.2, -0.15) is 0 Å². The van der Waals surface area contributed by atoms with Gasteiger partial charge in [0.25, 0.3) is 0 Å². The van der Waals surface area contributed by atoms with Crippen LogP contribution in [0.4, 0.5) is 0 Å². The van der Waals surface area contributed by atoms with Crippen LogP contribution in [0.15, 0.2) is 29.6 Å². The van der Waals surface area contributed by atoms with Crippen LogP contribution in [0.2, 0.25) is 0 Å². The van der Waals surface area contributed by atoms with Crippen LogP contribution < -0.4 is 10.1 Å². The van der Waals surface area contributed by atoms with Crippen LogP contribution in [-0.4, -0.2) is 11.5 Å². The minimum atomic E-state index is 0.543. The van der Waals surface area contributed by atoms with E-state index >= 15 is 0 Å². The lowest BCUT2D eigenvalue weighted by Crippen LogP contribution is -2.12. The van der Waals surface area contributed by atoms with E-state index in [1.54, 1.807) is 11.3 Å². The summed E-state index contributed by atoms with van der Waals surface area (Å²) in [6.45, 7) is 6.44. The van der Waals surface area contributed by atoms with Crippen LogP contribution in [0.5, 0.6) is 5.75 Å². The summed E-state index contributed by atoms with van der Waals surface area (Å²) in [5.41, 5.74) is 2.24. The van der Waals surface area contributed by atoms with Crippen LogP contribution in [0.1, 0.15) is 23.2 Å². The third-order valence-corrected chi connectivity index (χ3v) is 3.50. The molecule has 18 heavy (non-hydrogen) atoms. The molecular formula is C14H18N2OS. The molecule has 0 spiro atoms. The molecule has 0 saturated carbocycles. The molecular weight excluding hydrogens is 244 g/mol. The van der Waals surface area contributed by atoms with E-state index in [2.05, 4.69) is 23.3 Å². The summed E-state index contributed by atoms with van der Waals surface area (Å²) in [7, 11) is 0. The summed E-state index contributed by atoms with van der Waals surface area (Å²) in [5.74, 6) is 0.936. The van der Waals surface area contributed by atoms with Crippen molar-refractivity contribution in [3.63, 3.8) is 0 Å². The van der Waals surface area contributed by atoms with E-state index in [0.717, 1.165) is 29.5 Å². The molecule has 0 unspecified atom stereocenters. The second-order valence-electron chi connectivity index (χ2n) is 4.06. The zero-order valence-electron chi connectivity index (χ0n) is 10.8. The number of hydrogen-bond donors (Lipinski definition) is 1. The number of nitrogens with zero attached hydrogens (tertiary/aromatic N) is 1. The Balaban J connectivity index is 1.99. The van der Waals surface area contributed by atoms with Crippen molar-refractivity contribution in [3.05, 3.63) is 45.9 Å². The van der Waals surface area contributed by atoms with E-state index in [0.29, 0.717) is 6.61 Å². The van der Waals surface area contributed by atoms with E-state index in [1.807, 2.05) is 30.5 Å². The van der Waals surface area contributed by atoms with Gasteiger partial charge in [-0.05, 0) is 19.5 Å². The molecule has 96 valence electrons. The predicted molar refractivity (Wildman–Crippen MR) is 75.0 cm³/mol. The fraction of sp³-hybridized carbons (Fsp3) is 0.357. The Morgan fingerprint density at radius 2 is 2.17 bits per heavy atom. The smallest absolute Gasteiger partial charge is 0.140 e. The summed E-state index contributed by atoms with van der Waals surface area (Å²) < 4.78 is 5.84. The van der Waals surface area contributed by atoms with E-state index < -0.39 is 0 Å². The highest BCUT2D eigenvalue weighted by atomic mass is 32.1. The second kappa shape index (κ2) is 6.52. The molecule has 0 aliphatic carbocycles. The van der Waals surface area contributed by atoms with E-state index in [4.69, 9.17) is 4.74 Å². The summed E-state index contributed by atoms with van der Waals surface area (Å²) in [5, 5.41) is 6.38. The van der Waals surface area contributed by atoms with Gasteiger partial charge in [-0.15, -0.1) is 11.3 Å². The largest absolute Gasteiger partial charge is 0.486 e. The maximum atomic E-state index is 5.84. The molecule has 2 rings (SSSR count). The lowest BCUT2D eigenvalue weighted by atomic mass is 10.2. The highest BCUT2D eigenvalue weighted by molar-refractivity contribution is 7.09. The topological polar surface area (TPSA) is 34.1 Å². The van der Waals surface area contributed by atoms with Crippen molar-refractivity contribution in [1.29, 1.82) is 0 Å². The number of nitrogens with one attached hydrogen (secondary N) is 1. The van der Waals surface area contributed by atoms with Gasteiger partial charge in [-0.1, -0.05) is 25.1 Å². The first-order valence-corrected chi connectivity index (χ1v) is 7.00. The number of aryl methyl sites for hydroxylation is 1. The van der Waals surface area contributed by atoms with Gasteiger partial charge in [-0.3, -0.25) is 0 Å². The fourth-order valence-electron chi connectivity index (χ4n) is 1.66. The molecule has 0 bridgehead atoms. The summed E-state index contributed by atoms with van der Waals surface area (Å²) in [6.07, 6.45) is 0. The van der Waals surface area contributed by atoms with E-state index in [-0.39, 0.29) is 0 Å². The minimum Gasteiger partial charge on any atom is -0.486 e. The van der Waals surface area contributed by atoms with Crippen molar-refractivity contribution in [2.75, 3.05) is 6.54 Å². The molecule has 0 radical (unpaired) electrons. The Morgan fingerprint density at radius 3 is 2.89 bits per heavy atom. The Labute approximate surface area is 112 Å². The van der Waals surface area contributed by atoms with Gasteiger partial charge in [-0.25, -0.2) is 4.98 Å². The second-order valence-corrected chi connectivity index (χ2v) is 5.00. The molecule has 1 N–H and O–H groups in total. The molecule has 0 amide bonds. The van der Waals surface area contributed by atoms with Crippen LogP contribution in [0.25, 0.3) is 0 Å². The number of hydrogen-bond acceptors (Lipinski definition) is 4. The zero-order valence-corrected chi connectivity index (χ0v) is 11.6. The first-order valence-electron chi connectivity index (χ1n) is 6.12. The third kappa shape index (κ3) is 3.55.